The average molecular weight is 274 g/mol. The van der Waals surface area contributed by atoms with Crippen LogP contribution in [0.3, 0.4) is 0 Å². The van der Waals surface area contributed by atoms with Crippen LogP contribution in [0.1, 0.15) is 39.5 Å². The second-order valence-electron chi connectivity index (χ2n) is 5.84. The Morgan fingerprint density at radius 3 is 2.82 bits per heavy atom. The lowest BCUT2D eigenvalue weighted by Gasteiger charge is -2.33. The van der Waals surface area contributed by atoms with Crippen molar-refractivity contribution in [1.29, 1.82) is 0 Å². The predicted octanol–water partition coefficient (Wildman–Crippen LogP) is 3.64. The van der Waals surface area contributed by atoms with Crippen molar-refractivity contribution in [3.63, 3.8) is 0 Å². The second kappa shape index (κ2) is 7.30. The van der Waals surface area contributed by atoms with Crippen LogP contribution in [-0.2, 0) is 0 Å². The van der Waals surface area contributed by atoms with Gasteiger partial charge in [0.25, 0.3) is 0 Å². The molecule has 2 fully saturated rings. The van der Waals surface area contributed by atoms with Crippen LogP contribution in [0.5, 0.6) is 0 Å². The summed E-state index contributed by atoms with van der Waals surface area (Å²) in [5, 5.41) is 4.71. The molecule has 3 atom stereocenters. The molecule has 0 spiro atoms. The SMILES string of the molecule is CC(C)C1CCCC(NCC2CSCCS2)C1. The normalized spacial score (nSPS) is 35.1. The maximum Gasteiger partial charge on any atom is 0.0263 e. The Labute approximate surface area is 115 Å². The van der Waals surface area contributed by atoms with Crippen LogP contribution < -0.4 is 5.32 Å². The van der Waals surface area contributed by atoms with Gasteiger partial charge in [-0.05, 0) is 24.7 Å². The van der Waals surface area contributed by atoms with E-state index in [0.717, 1.165) is 23.1 Å². The highest BCUT2D eigenvalue weighted by Gasteiger charge is 2.24. The Morgan fingerprint density at radius 2 is 2.12 bits per heavy atom. The average Bonchev–Trinajstić information content (AvgIpc) is 2.38. The van der Waals surface area contributed by atoms with Gasteiger partial charge in [0.05, 0.1) is 0 Å². The molecule has 0 bridgehead atoms. The van der Waals surface area contributed by atoms with Gasteiger partial charge in [0.15, 0.2) is 0 Å². The first-order valence-corrected chi connectivity index (χ1v) is 9.38. The second-order valence-corrected chi connectivity index (χ2v) is 8.40. The van der Waals surface area contributed by atoms with Crippen LogP contribution in [-0.4, -0.2) is 35.1 Å². The Balaban J connectivity index is 1.67. The van der Waals surface area contributed by atoms with Crippen LogP contribution in [0.25, 0.3) is 0 Å². The van der Waals surface area contributed by atoms with Crippen LogP contribution >= 0.6 is 23.5 Å². The number of thioether (sulfide) groups is 2. The summed E-state index contributed by atoms with van der Waals surface area (Å²) in [6, 6.07) is 0.809. The van der Waals surface area contributed by atoms with Crippen LogP contribution in [0, 0.1) is 11.8 Å². The van der Waals surface area contributed by atoms with Crippen molar-refractivity contribution < 1.29 is 0 Å². The molecule has 3 heteroatoms. The summed E-state index contributed by atoms with van der Waals surface area (Å²) in [4.78, 5) is 0. The van der Waals surface area contributed by atoms with E-state index in [-0.39, 0.29) is 0 Å². The molecule has 2 rings (SSSR count). The summed E-state index contributed by atoms with van der Waals surface area (Å²) < 4.78 is 0. The largest absolute Gasteiger partial charge is 0.313 e. The zero-order chi connectivity index (χ0) is 12.1. The molecule has 3 unspecified atom stereocenters. The topological polar surface area (TPSA) is 12.0 Å². The first-order valence-electron chi connectivity index (χ1n) is 7.18. The fourth-order valence-corrected chi connectivity index (χ4v) is 5.60. The van der Waals surface area contributed by atoms with E-state index in [4.69, 9.17) is 0 Å². The molecular weight excluding hydrogens is 246 g/mol. The molecule has 2 aliphatic rings. The third kappa shape index (κ3) is 4.68. The van der Waals surface area contributed by atoms with E-state index in [1.54, 1.807) is 0 Å². The van der Waals surface area contributed by atoms with Crippen LogP contribution in [0.4, 0.5) is 0 Å². The van der Waals surface area contributed by atoms with Gasteiger partial charge in [0.2, 0.25) is 0 Å². The minimum atomic E-state index is 0.809. The van der Waals surface area contributed by atoms with E-state index in [2.05, 4.69) is 42.7 Å². The highest BCUT2D eigenvalue weighted by atomic mass is 32.2. The number of nitrogens with one attached hydrogen (secondary N) is 1. The summed E-state index contributed by atoms with van der Waals surface area (Å²) in [6.07, 6.45) is 5.73. The standard InChI is InChI=1S/C14H27NS2/c1-11(2)12-4-3-5-13(8-12)15-9-14-10-16-6-7-17-14/h11-15H,3-10H2,1-2H3. The minimum absolute atomic E-state index is 0.809. The molecule has 17 heavy (non-hydrogen) atoms. The molecule has 0 radical (unpaired) electrons. The highest BCUT2D eigenvalue weighted by molar-refractivity contribution is 8.06. The minimum Gasteiger partial charge on any atom is -0.313 e. The van der Waals surface area contributed by atoms with Gasteiger partial charge in [-0.2, -0.15) is 23.5 Å². The molecule has 1 aliphatic heterocycles. The van der Waals surface area contributed by atoms with Crippen molar-refractivity contribution in [3.8, 4) is 0 Å². The quantitative estimate of drug-likeness (QED) is 0.840. The molecule has 1 nitrogen and oxygen atoms in total. The van der Waals surface area contributed by atoms with Gasteiger partial charge in [-0.1, -0.05) is 26.7 Å². The van der Waals surface area contributed by atoms with Gasteiger partial charge in [-0.25, -0.2) is 0 Å². The Bertz CT molecular complexity index is 214. The predicted molar refractivity (Wildman–Crippen MR) is 82.2 cm³/mol. The van der Waals surface area contributed by atoms with Gasteiger partial charge in [0.1, 0.15) is 0 Å². The van der Waals surface area contributed by atoms with Crippen molar-refractivity contribution >= 4 is 23.5 Å². The third-order valence-electron chi connectivity index (χ3n) is 4.18. The zero-order valence-corrected chi connectivity index (χ0v) is 12.9. The van der Waals surface area contributed by atoms with E-state index in [1.807, 2.05) is 0 Å². The Kier molecular flexibility index (Phi) is 6.04. The fraction of sp³-hybridized carbons (Fsp3) is 1.00. The Morgan fingerprint density at radius 1 is 1.24 bits per heavy atom. The molecular formula is C14H27NS2. The number of rotatable bonds is 4. The lowest BCUT2D eigenvalue weighted by molar-refractivity contribution is 0.232. The number of hydrogen-bond acceptors (Lipinski definition) is 3. The molecule has 1 saturated carbocycles. The first kappa shape index (κ1) is 14.1. The van der Waals surface area contributed by atoms with Crippen molar-refractivity contribution in [2.45, 2.75) is 50.8 Å². The van der Waals surface area contributed by atoms with Crippen molar-refractivity contribution in [2.24, 2.45) is 11.8 Å². The molecule has 1 aliphatic carbocycles. The van der Waals surface area contributed by atoms with Gasteiger partial charge in [-0.15, -0.1) is 0 Å². The van der Waals surface area contributed by atoms with Gasteiger partial charge >= 0.3 is 0 Å². The molecule has 0 aromatic carbocycles. The monoisotopic (exact) mass is 273 g/mol. The van der Waals surface area contributed by atoms with Crippen LogP contribution in [0.15, 0.2) is 0 Å². The van der Waals surface area contributed by atoms with E-state index < -0.39 is 0 Å². The number of hydrogen-bond donors (Lipinski definition) is 1. The maximum absolute atomic E-state index is 3.84. The van der Waals surface area contributed by atoms with E-state index in [9.17, 15) is 0 Å². The third-order valence-corrected chi connectivity index (χ3v) is 7.02. The van der Waals surface area contributed by atoms with E-state index in [1.165, 1.54) is 49.5 Å². The fourth-order valence-electron chi connectivity index (χ4n) is 2.97. The summed E-state index contributed by atoms with van der Waals surface area (Å²) in [5.74, 6) is 5.92. The van der Waals surface area contributed by atoms with E-state index in [0.29, 0.717) is 0 Å². The first-order chi connectivity index (χ1) is 8.25. The molecule has 1 N–H and O–H groups in total. The lowest BCUT2D eigenvalue weighted by Crippen LogP contribution is -2.40. The maximum atomic E-state index is 3.84. The summed E-state index contributed by atoms with van der Waals surface area (Å²) in [6.45, 7) is 6.02. The van der Waals surface area contributed by atoms with Gasteiger partial charge < -0.3 is 5.32 Å². The summed E-state index contributed by atoms with van der Waals surface area (Å²) >= 11 is 4.31. The van der Waals surface area contributed by atoms with Crippen molar-refractivity contribution in [2.75, 3.05) is 23.8 Å². The van der Waals surface area contributed by atoms with Gasteiger partial charge in [-0.3, -0.25) is 0 Å². The highest BCUT2D eigenvalue weighted by Crippen LogP contribution is 2.30. The molecule has 1 saturated heterocycles. The van der Waals surface area contributed by atoms with Crippen molar-refractivity contribution in [3.05, 3.63) is 0 Å². The smallest absolute Gasteiger partial charge is 0.0263 e. The molecule has 1 heterocycles. The molecule has 0 aromatic heterocycles. The summed E-state index contributed by atoms with van der Waals surface area (Å²) in [7, 11) is 0. The molecule has 100 valence electrons. The van der Waals surface area contributed by atoms with Gasteiger partial charge in [0, 0.05) is 35.1 Å². The zero-order valence-electron chi connectivity index (χ0n) is 11.3. The van der Waals surface area contributed by atoms with E-state index >= 15 is 0 Å². The molecule has 0 aromatic rings. The van der Waals surface area contributed by atoms with Crippen molar-refractivity contribution in [1.82, 2.24) is 5.32 Å². The van der Waals surface area contributed by atoms with Crippen LogP contribution in [0.2, 0.25) is 0 Å². The Hall–Kier alpha value is 0.660. The molecule has 0 amide bonds. The lowest BCUT2D eigenvalue weighted by atomic mass is 9.79. The summed E-state index contributed by atoms with van der Waals surface area (Å²) in [5.41, 5.74) is 0.